The SMILES string of the molecule is CC(C)CN(Cc1ccc([N+](=O)[O-])cc1)C1CC(C(=O)N2CCNCC2)N(C(=O)C2CC2)C1. The number of amides is 2. The van der Waals surface area contributed by atoms with E-state index in [1.54, 1.807) is 12.1 Å². The van der Waals surface area contributed by atoms with Crippen LogP contribution in [0.3, 0.4) is 0 Å². The van der Waals surface area contributed by atoms with E-state index in [1.807, 2.05) is 9.80 Å². The van der Waals surface area contributed by atoms with E-state index >= 15 is 0 Å². The van der Waals surface area contributed by atoms with Crippen molar-refractivity contribution in [2.24, 2.45) is 11.8 Å². The maximum absolute atomic E-state index is 13.4. The molecule has 4 rings (SSSR count). The number of rotatable bonds is 8. The summed E-state index contributed by atoms with van der Waals surface area (Å²) < 4.78 is 0. The summed E-state index contributed by atoms with van der Waals surface area (Å²) >= 11 is 0. The Morgan fingerprint density at radius 3 is 2.39 bits per heavy atom. The first-order chi connectivity index (χ1) is 15.8. The predicted molar refractivity (Wildman–Crippen MR) is 124 cm³/mol. The average molecular weight is 458 g/mol. The molecule has 2 saturated heterocycles. The molecular formula is C24H35N5O4. The second-order valence-corrected chi connectivity index (χ2v) is 9.99. The Balaban J connectivity index is 1.52. The average Bonchev–Trinajstić information content (AvgIpc) is 3.56. The zero-order chi connectivity index (χ0) is 23.5. The molecule has 180 valence electrons. The molecule has 1 N–H and O–H groups in total. The molecule has 2 heterocycles. The lowest BCUT2D eigenvalue weighted by atomic mass is 10.1. The highest BCUT2D eigenvalue weighted by Gasteiger charge is 2.46. The number of carbonyl (C=O) groups is 2. The molecule has 0 spiro atoms. The van der Waals surface area contributed by atoms with Gasteiger partial charge in [-0.05, 0) is 30.7 Å². The number of hydrogen-bond acceptors (Lipinski definition) is 6. The van der Waals surface area contributed by atoms with E-state index < -0.39 is 6.04 Å². The van der Waals surface area contributed by atoms with Gasteiger partial charge in [-0.25, -0.2) is 0 Å². The molecule has 9 nitrogen and oxygen atoms in total. The fourth-order valence-corrected chi connectivity index (χ4v) is 4.99. The van der Waals surface area contributed by atoms with E-state index in [0.29, 0.717) is 38.5 Å². The second kappa shape index (κ2) is 10.2. The third kappa shape index (κ3) is 5.70. The smallest absolute Gasteiger partial charge is 0.269 e. The first-order valence-corrected chi connectivity index (χ1v) is 12.1. The molecule has 0 radical (unpaired) electrons. The van der Waals surface area contributed by atoms with E-state index in [9.17, 15) is 19.7 Å². The van der Waals surface area contributed by atoms with Crippen LogP contribution < -0.4 is 5.32 Å². The van der Waals surface area contributed by atoms with Gasteiger partial charge in [0.25, 0.3) is 5.69 Å². The molecule has 2 atom stereocenters. The van der Waals surface area contributed by atoms with E-state index in [2.05, 4.69) is 24.1 Å². The van der Waals surface area contributed by atoms with Crippen LogP contribution >= 0.6 is 0 Å². The van der Waals surface area contributed by atoms with E-state index in [4.69, 9.17) is 0 Å². The first kappa shape index (κ1) is 23.6. The lowest BCUT2D eigenvalue weighted by Gasteiger charge is -2.32. The Labute approximate surface area is 195 Å². The zero-order valence-electron chi connectivity index (χ0n) is 19.6. The van der Waals surface area contributed by atoms with Crippen LogP contribution in [0.5, 0.6) is 0 Å². The maximum atomic E-state index is 13.4. The monoisotopic (exact) mass is 457 g/mol. The Kier molecular flexibility index (Phi) is 7.29. The van der Waals surface area contributed by atoms with Gasteiger partial charge < -0.3 is 15.1 Å². The van der Waals surface area contributed by atoms with Crippen LogP contribution in [-0.4, -0.2) is 82.8 Å². The fraction of sp³-hybridized carbons (Fsp3) is 0.667. The summed E-state index contributed by atoms with van der Waals surface area (Å²) in [6.45, 7) is 9.31. The summed E-state index contributed by atoms with van der Waals surface area (Å²) in [5, 5.41) is 14.3. The maximum Gasteiger partial charge on any atom is 0.269 e. The summed E-state index contributed by atoms with van der Waals surface area (Å²) in [6, 6.07) is 6.37. The molecule has 3 fully saturated rings. The second-order valence-electron chi connectivity index (χ2n) is 9.99. The number of carbonyl (C=O) groups excluding carboxylic acids is 2. The minimum absolute atomic E-state index is 0.0767. The van der Waals surface area contributed by atoms with Crippen molar-refractivity contribution >= 4 is 17.5 Å². The van der Waals surface area contributed by atoms with Crippen molar-refractivity contribution in [3.63, 3.8) is 0 Å². The van der Waals surface area contributed by atoms with Crippen molar-refractivity contribution in [2.45, 2.75) is 51.7 Å². The third-order valence-corrected chi connectivity index (χ3v) is 6.85. The van der Waals surface area contributed by atoms with Crippen molar-refractivity contribution in [2.75, 3.05) is 39.3 Å². The molecule has 0 bridgehead atoms. The number of non-ortho nitro benzene ring substituents is 1. The van der Waals surface area contributed by atoms with Gasteiger partial charge in [-0.15, -0.1) is 0 Å². The van der Waals surface area contributed by atoms with Crippen molar-refractivity contribution in [3.8, 4) is 0 Å². The number of nitro benzene ring substituents is 1. The molecule has 2 aliphatic heterocycles. The Morgan fingerprint density at radius 2 is 1.82 bits per heavy atom. The minimum Gasteiger partial charge on any atom is -0.338 e. The fourth-order valence-electron chi connectivity index (χ4n) is 4.99. The first-order valence-electron chi connectivity index (χ1n) is 12.1. The molecule has 3 aliphatic rings. The van der Waals surface area contributed by atoms with Crippen LogP contribution in [0.4, 0.5) is 5.69 Å². The summed E-state index contributed by atoms with van der Waals surface area (Å²) in [7, 11) is 0. The molecule has 9 heteroatoms. The van der Waals surface area contributed by atoms with Gasteiger partial charge in [-0.1, -0.05) is 26.0 Å². The van der Waals surface area contributed by atoms with E-state index in [0.717, 1.165) is 38.0 Å². The lowest BCUT2D eigenvalue weighted by molar-refractivity contribution is -0.384. The van der Waals surface area contributed by atoms with Gasteiger partial charge >= 0.3 is 0 Å². The molecular weight excluding hydrogens is 422 g/mol. The predicted octanol–water partition coefficient (Wildman–Crippen LogP) is 1.86. The highest BCUT2D eigenvalue weighted by Crippen LogP contribution is 2.35. The highest BCUT2D eigenvalue weighted by molar-refractivity contribution is 5.90. The number of hydrogen-bond donors (Lipinski definition) is 1. The molecule has 1 aliphatic carbocycles. The molecule has 33 heavy (non-hydrogen) atoms. The van der Waals surface area contributed by atoms with Crippen molar-refractivity contribution in [1.29, 1.82) is 0 Å². The van der Waals surface area contributed by atoms with Crippen LogP contribution in [0.25, 0.3) is 0 Å². The normalized spacial score (nSPS) is 23.4. The number of likely N-dealkylation sites (tertiary alicyclic amines) is 1. The standard InChI is InChI=1S/C24H35N5O4/c1-17(2)14-27(15-18-3-7-20(8-4-18)29(32)33)21-13-22(24(31)26-11-9-25-10-12-26)28(16-21)23(30)19-5-6-19/h3-4,7-8,17,19,21-22,25H,5-6,9-16H2,1-2H3. The van der Waals surface area contributed by atoms with Gasteiger partial charge in [0.2, 0.25) is 11.8 Å². The Hall–Kier alpha value is -2.52. The molecule has 0 aromatic heterocycles. The topological polar surface area (TPSA) is 99.0 Å². The molecule has 1 saturated carbocycles. The van der Waals surface area contributed by atoms with Crippen LogP contribution in [0.15, 0.2) is 24.3 Å². The van der Waals surface area contributed by atoms with Crippen LogP contribution in [0.1, 0.15) is 38.7 Å². The van der Waals surface area contributed by atoms with E-state index in [-0.39, 0.29) is 34.4 Å². The van der Waals surface area contributed by atoms with Crippen LogP contribution in [0, 0.1) is 22.0 Å². The van der Waals surface area contributed by atoms with Gasteiger partial charge in [0.15, 0.2) is 0 Å². The molecule has 1 aromatic carbocycles. The largest absolute Gasteiger partial charge is 0.338 e. The van der Waals surface area contributed by atoms with Crippen LogP contribution in [-0.2, 0) is 16.1 Å². The van der Waals surface area contributed by atoms with Crippen LogP contribution in [0.2, 0.25) is 0 Å². The summed E-state index contributed by atoms with van der Waals surface area (Å²) in [5.41, 5.74) is 1.08. The number of benzene rings is 1. The molecule has 2 amide bonds. The van der Waals surface area contributed by atoms with Crippen molar-refractivity contribution < 1.29 is 14.5 Å². The van der Waals surface area contributed by atoms with Crippen molar-refractivity contribution in [1.82, 2.24) is 20.0 Å². The third-order valence-electron chi connectivity index (χ3n) is 6.85. The Morgan fingerprint density at radius 1 is 1.15 bits per heavy atom. The van der Waals surface area contributed by atoms with Gasteiger partial charge in [0, 0.05) is 69.9 Å². The van der Waals surface area contributed by atoms with Gasteiger partial charge in [0.05, 0.1) is 4.92 Å². The van der Waals surface area contributed by atoms with Gasteiger partial charge in [-0.3, -0.25) is 24.6 Å². The highest BCUT2D eigenvalue weighted by atomic mass is 16.6. The van der Waals surface area contributed by atoms with Crippen molar-refractivity contribution in [3.05, 3.63) is 39.9 Å². The number of nitrogens with zero attached hydrogens (tertiary/aromatic N) is 4. The molecule has 1 aromatic rings. The van der Waals surface area contributed by atoms with E-state index in [1.165, 1.54) is 12.1 Å². The minimum atomic E-state index is -0.396. The number of nitrogens with one attached hydrogen (secondary N) is 1. The number of piperazine rings is 1. The quantitative estimate of drug-likeness (QED) is 0.473. The van der Waals surface area contributed by atoms with Gasteiger partial charge in [0.1, 0.15) is 6.04 Å². The molecule has 2 unspecified atom stereocenters. The zero-order valence-corrected chi connectivity index (χ0v) is 19.6. The summed E-state index contributed by atoms with van der Waals surface area (Å²) in [4.78, 5) is 43.3. The summed E-state index contributed by atoms with van der Waals surface area (Å²) in [5.74, 6) is 0.701. The lowest BCUT2D eigenvalue weighted by Crippen LogP contribution is -2.53. The number of nitro groups is 1. The Bertz CT molecular complexity index is 864. The van der Waals surface area contributed by atoms with Gasteiger partial charge in [-0.2, -0.15) is 0 Å². The summed E-state index contributed by atoms with van der Waals surface area (Å²) in [6.07, 6.45) is 2.49.